The van der Waals surface area contributed by atoms with Crippen LogP contribution < -0.4 is 15.5 Å². The van der Waals surface area contributed by atoms with Crippen LogP contribution in [0.3, 0.4) is 0 Å². The van der Waals surface area contributed by atoms with E-state index in [9.17, 15) is 9.59 Å². The maximum Gasteiger partial charge on any atom is 0.243 e. The molecule has 1 aliphatic heterocycles. The molecule has 1 fully saturated rings. The standard InChI is InChI=1S/C23H29N3O2/c1-18-13-15-26(16-14-18)21-10-8-20(9-11-21)25-23(28)17-24-22(27)12-7-19-5-3-2-4-6-19/h2-6,8-11,18H,7,12-17H2,1H3,(H,24,27)(H,25,28). The number of anilines is 2. The molecule has 0 unspecified atom stereocenters. The van der Waals surface area contributed by atoms with E-state index in [4.69, 9.17) is 0 Å². The Morgan fingerprint density at radius 1 is 0.964 bits per heavy atom. The van der Waals surface area contributed by atoms with Crippen LogP contribution in [-0.4, -0.2) is 31.4 Å². The molecule has 0 atom stereocenters. The molecule has 3 rings (SSSR count). The largest absolute Gasteiger partial charge is 0.372 e. The minimum atomic E-state index is -0.215. The lowest BCUT2D eigenvalue weighted by atomic mass is 9.99. The first-order valence-corrected chi connectivity index (χ1v) is 10.1. The van der Waals surface area contributed by atoms with Crippen LogP contribution in [0.25, 0.3) is 0 Å². The number of carbonyl (C=O) groups excluding carboxylic acids is 2. The highest BCUT2D eigenvalue weighted by molar-refractivity contribution is 5.94. The number of amides is 2. The number of piperidine rings is 1. The lowest BCUT2D eigenvalue weighted by Crippen LogP contribution is -2.33. The summed E-state index contributed by atoms with van der Waals surface area (Å²) in [6.07, 6.45) is 3.50. The van der Waals surface area contributed by atoms with E-state index in [1.165, 1.54) is 18.5 Å². The summed E-state index contributed by atoms with van der Waals surface area (Å²) in [6.45, 7) is 4.46. The second-order valence-corrected chi connectivity index (χ2v) is 7.53. The van der Waals surface area contributed by atoms with Crippen molar-refractivity contribution in [2.45, 2.75) is 32.6 Å². The third-order valence-electron chi connectivity index (χ3n) is 5.23. The highest BCUT2D eigenvalue weighted by atomic mass is 16.2. The Kier molecular flexibility index (Phi) is 7.06. The molecule has 1 saturated heterocycles. The van der Waals surface area contributed by atoms with Gasteiger partial charge in [-0.25, -0.2) is 0 Å². The Morgan fingerprint density at radius 2 is 1.64 bits per heavy atom. The van der Waals surface area contributed by atoms with Crippen molar-refractivity contribution in [3.05, 3.63) is 60.2 Å². The van der Waals surface area contributed by atoms with Crippen molar-refractivity contribution in [3.8, 4) is 0 Å². The van der Waals surface area contributed by atoms with Crippen molar-refractivity contribution in [3.63, 3.8) is 0 Å². The normalized spacial score (nSPS) is 14.5. The van der Waals surface area contributed by atoms with E-state index in [1.54, 1.807) is 0 Å². The van der Waals surface area contributed by atoms with Gasteiger partial charge in [0.25, 0.3) is 0 Å². The second-order valence-electron chi connectivity index (χ2n) is 7.53. The van der Waals surface area contributed by atoms with Crippen LogP contribution in [0.5, 0.6) is 0 Å². The quantitative estimate of drug-likeness (QED) is 0.773. The Morgan fingerprint density at radius 3 is 2.32 bits per heavy atom. The molecule has 5 nitrogen and oxygen atoms in total. The number of nitrogens with zero attached hydrogens (tertiary/aromatic N) is 1. The molecular formula is C23H29N3O2. The van der Waals surface area contributed by atoms with E-state index in [0.717, 1.165) is 30.3 Å². The van der Waals surface area contributed by atoms with Crippen molar-refractivity contribution in [2.24, 2.45) is 5.92 Å². The van der Waals surface area contributed by atoms with E-state index < -0.39 is 0 Å². The monoisotopic (exact) mass is 379 g/mol. The third kappa shape index (κ3) is 6.12. The van der Waals surface area contributed by atoms with Crippen LogP contribution in [0.15, 0.2) is 54.6 Å². The summed E-state index contributed by atoms with van der Waals surface area (Å²) in [5.74, 6) is 0.471. The number of nitrogens with one attached hydrogen (secondary N) is 2. The number of aryl methyl sites for hydroxylation is 1. The summed E-state index contributed by atoms with van der Waals surface area (Å²) in [5, 5.41) is 5.52. The Balaban J connectivity index is 1.39. The molecule has 1 heterocycles. The van der Waals surface area contributed by atoms with Crippen molar-refractivity contribution >= 4 is 23.2 Å². The minimum absolute atomic E-state index is 0.0145. The molecule has 1 aliphatic rings. The molecule has 2 aromatic rings. The summed E-state index contributed by atoms with van der Waals surface area (Å²) in [6, 6.07) is 17.8. The molecule has 2 aromatic carbocycles. The highest BCUT2D eigenvalue weighted by Gasteiger charge is 2.16. The molecular weight excluding hydrogens is 350 g/mol. The minimum Gasteiger partial charge on any atom is -0.372 e. The van der Waals surface area contributed by atoms with Crippen LogP contribution in [0.2, 0.25) is 0 Å². The van der Waals surface area contributed by atoms with E-state index >= 15 is 0 Å². The molecule has 0 saturated carbocycles. The average molecular weight is 380 g/mol. The van der Waals surface area contributed by atoms with Gasteiger partial charge >= 0.3 is 0 Å². The smallest absolute Gasteiger partial charge is 0.243 e. The van der Waals surface area contributed by atoms with Gasteiger partial charge < -0.3 is 15.5 Å². The molecule has 0 aromatic heterocycles. The van der Waals surface area contributed by atoms with Crippen LogP contribution in [0, 0.1) is 5.92 Å². The molecule has 0 spiro atoms. The van der Waals surface area contributed by atoms with Gasteiger partial charge in [0.05, 0.1) is 6.54 Å². The number of carbonyl (C=O) groups is 2. The van der Waals surface area contributed by atoms with E-state index in [2.05, 4.69) is 22.5 Å². The van der Waals surface area contributed by atoms with Crippen molar-refractivity contribution in [1.82, 2.24) is 5.32 Å². The van der Waals surface area contributed by atoms with E-state index in [0.29, 0.717) is 12.8 Å². The van der Waals surface area contributed by atoms with Gasteiger partial charge in [0.1, 0.15) is 0 Å². The predicted molar refractivity (Wildman–Crippen MR) is 113 cm³/mol. The fourth-order valence-electron chi connectivity index (χ4n) is 3.40. The zero-order valence-electron chi connectivity index (χ0n) is 16.5. The Bertz CT molecular complexity index is 766. The Labute approximate surface area is 167 Å². The fourth-order valence-corrected chi connectivity index (χ4v) is 3.40. The van der Waals surface area contributed by atoms with Gasteiger partial charge in [0.2, 0.25) is 11.8 Å². The highest BCUT2D eigenvalue weighted by Crippen LogP contribution is 2.24. The maximum atomic E-state index is 12.1. The third-order valence-corrected chi connectivity index (χ3v) is 5.23. The van der Waals surface area contributed by atoms with Crippen LogP contribution in [-0.2, 0) is 16.0 Å². The number of benzene rings is 2. The van der Waals surface area contributed by atoms with E-state index in [-0.39, 0.29) is 18.4 Å². The summed E-state index contributed by atoms with van der Waals surface area (Å²) in [7, 11) is 0. The van der Waals surface area contributed by atoms with Crippen molar-refractivity contribution in [1.29, 1.82) is 0 Å². The van der Waals surface area contributed by atoms with Gasteiger partial charge in [-0.05, 0) is 55.0 Å². The summed E-state index contributed by atoms with van der Waals surface area (Å²) in [4.78, 5) is 26.4. The SMILES string of the molecule is CC1CCN(c2ccc(NC(=O)CNC(=O)CCc3ccccc3)cc2)CC1. The van der Waals surface area contributed by atoms with Crippen LogP contribution >= 0.6 is 0 Å². The van der Waals surface area contributed by atoms with Crippen LogP contribution in [0.4, 0.5) is 11.4 Å². The number of hydrogen-bond acceptors (Lipinski definition) is 3. The molecule has 148 valence electrons. The predicted octanol–water partition coefficient (Wildman–Crippen LogP) is 3.61. The van der Waals surface area contributed by atoms with Gasteiger partial charge in [-0.2, -0.15) is 0 Å². The van der Waals surface area contributed by atoms with Crippen LogP contribution in [0.1, 0.15) is 31.7 Å². The first kappa shape index (κ1) is 19.9. The van der Waals surface area contributed by atoms with Gasteiger partial charge in [-0.15, -0.1) is 0 Å². The van der Waals surface area contributed by atoms with Crippen molar-refractivity contribution < 1.29 is 9.59 Å². The molecule has 5 heteroatoms. The molecule has 0 bridgehead atoms. The van der Waals surface area contributed by atoms with Gasteiger partial charge in [-0.3, -0.25) is 9.59 Å². The first-order valence-electron chi connectivity index (χ1n) is 10.1. The molecule has 0 aliphatic carbocycles. The number of hydrogen-bond donors (Lipinski definition) is 2. The Hall–Kier alpha value is -2.82. The summed E-state index contributed by atoms with van der Waals surface area (Å²) >= 11 is 0. The molecule has 0 radical (unpaired) electrons. The maximum absolute atomic E-state index is 12.1. The lowest BCUT2D eigenvalue weighted by Gasteiger charge is -2.32. The first-order chi connectivity index (χ1) is 13.6. The average Bonchev–Trinajstić information content (AvgIpc) is 2.73. The van der Waals surface area contributed by atoms with E-state index in [1.807, 2.05) is 54.6 Å². The molecule has 2 amide bonds. The zero-order chi connectivity index (χ0) is 19.8. The van der Waals surface area contributed by atoms with Crippen molar-refractivity contribution in [2.75, 3.05) is 29.9 Å². The summed E-state index contributed by atoms with van der Waals surface area (Å²) < 4.78 is 0. The molecule has 2 N–H and O–H groups in total. The van der Waals surface area contributed by atoms with Gasteiger partial charge in [0.15, 0.2) is 0 Å². The number of rotatable bonds is 7. The second kappa shape index (κ2) is 9.93. The summed E-state index contributed by atoms with van der Waals surface area (Å²) in [5.41, 5.74) is 3.06. The fraction of sp³-hybridized carbons (Fsp3) is 0.391. The lowest BCUT2D eigenvalue weighted by molar-refractivity contribution is -0.124. The zero-order valence-corrected chi connectivity index (χ0v) is 16.5. The van der Waals surface area contributed by atoms with Gasteiger partial charge in [0, 0.05) is 30.9 Å². The van der Waals surface area contributed by atoms with Gasteiger partial charge in [-0.1, -0.05) is 37.3 Å². The molecule has 28 heavy (non-hydrogen) atoms. The topological polar surface area (TPSA) is 61.4 Å².